The van der Waals surface area contributed by atoms with Crippen LogP contribution in [0.5, 0.6) is 0 Å². The molecule has 1 aromatic carbocycles. The van der Waals surface area contributed by atoms with Crippen LogP contribution in [-0.4, -0.2) is 50.2 Å². The first-order valence-electron chi connectivity index (χ1n) is 10.3. The summed E-state index contributed by atoms with van der Waals surface area (Å²) in [5.74, 6) is 1.68. The number of ether oxygens (including phenoxy) is 1. The zero-order chi connectivity index (χ0) is 18.2. The summed E-state index contributed by atoms with van der Waals surface area (Å²) < 4.78 is 5.46. The van der Waals surface area contributed by atoms with Crippen molar-refractivity contribution in [2.45, 2.75) is 39.0 Å². The molecule has 1 atom stereocenters. The van der Waals surface area contributed by atoms with Crippen LogP contribution in [0.4, 0.5) is 0 Å². The van der Waals surface area contributed by atoms with Gasteiger partial charge in [0, 0.05) is 32.2 Å². The average Bonchev–Trinajstić information content (AvgIpc) is 2.69. The van der Waals surface area contributed by atoms with Gasteiger partial charge in [-0.2, -0.15) is 0 Å². The lowest BCUT2D eigenvalue weighted by Gasteiger charge is -2.35. The smallest absolute Gasteiger partial charge is 0.223 e. The van der Waals surface area contributed by atoms with Gasteiger partial charge in [0.25, 0.3) is 0 Å². The minimum atomic E-state index is 0.0333. The second-order valence-corrected chi connectivity index (χ2v) is 8.14. The molecule has 0 aromatic heterocycles. The first-order valence-corrected chi connectivity index (χ1v) is 10.3. The third kappa shape index (κ3) is 6.10. The molecule has 0 aliphatic carbocycles. The molecular formula is C22H34N2O2. The van der Waals surface area contributed by atoms with E-state index >= 15 is 0 Å². The van der Waals surface area contributed by atoms with Crippen molar-refractivity contribution in [3.05, 3.63) is 35.9 Å². The number of piperidine rings is 1. The van der Waals surface area contributed by atoms with Crippen LogP contribution < -0.4 is 5.32 Å². The Morgan fingerprint density at radius 1 is 1.12 bits per heavy atom. The molecule has 2 saturated heterocycles. The van der Waals surface area contributed by atoms with Crippen molar-refractivity contribution in [3.63, 3.8) is 0 Å². The van der Waals surface area contributed by atoms with Gasteiger partial charge in [-0.25, -0.2) is 0 Å². The quantitative estimate of drug-likeness (QED) is 0.814. The number of amides is 1. The first-order chi connectivity index (χ1) is 12.7. The number of nitrogens with one attached hydrogen (secondary N) is 1. The molecular weight excluding hydrogens is 324 g/mol. The normalized spacial score (nSPS) is 21.4. The standard InChI is InChI=1S/C22H34N2O2/c1-18(15-19-5-3-2-4-6-19)22(25)23-16-20-7-11-24(12-8-20)17-21-9-13-26-14-10-21/h2-6,18,20-21H,7-17H2,1H3,(H,23,25)/t18-/m1/s1. The van der Waals surface area contributed by atoms with E-state index in [9.17, 15) is 4.79 Å². The summed E-state index contributed by atoms with van der Waals surface area (Å²) in [5, 5.41) is 3.19. The van der Waals surface area contributed by atoms with E-state index in [0.29, 0.717) is 5.92 Å². The summed E-state index contributed by atoms with van der Waals surface area (Å²) in [7, 11) is 0. The molecule has 0 unspecified atom stereocenters. The Hall–Kier alpha value is -1.39. The SMILES string of the molecule is C[C@H](Cc1ccccc1)C(=O)NCC1CCN(CC2CCOCC2)CC1. The van der Waals surface area contributed by atoms with Gasteiger partial charge in [-0.05, 0) is 62.6 Å². The zero-order valence-electron chi connectivity index (χ0n) is 16.2. The van der Waals surface area contributed by atoms with Crippen LogP contribution in [0.1, 0.15) is 38.2 Å². The molecule has 144 valence electrons. The minimum Gasteiger partial charge on any atom is -0.381 e. The van der Waals surface area contributed by atoms with Crippen molar-refractivity contribution in [2.75, 3.05) is 39.4 Å². The third-order valence-corrected chi connectivity index (χ3v) is 5.96. The molecule has 26 heavy (non-hydrogen) atoms. The van der Waals surface area contributed by atoms with Crippen LogP contribution in [0, 0.1) is 17.8 Å². The van der Waals surface area contributed by atoms with E-state index in [1.807, 2.05) is 25.1 Å². The van der Waals surface area contributed by atoms with Gasteiger partial charge in [0.15, 0.2) is 0 Å². The van der Waals surface area contributed by atoms with E-state index < -0.39 is 0 Å². The number of likely N-dealkylation sites (tertiary alicyclic amines) is 1. The highest BCUT2D eigenvalue weighted by Gasteiger charge is 2.23. The molecule has 2 heterocycles. The van der Waals surface area contributed by atoms with Gasteiger partial charge in [-0.15, -0.1) is 0 Å². The van der Waals surface area contributed by atoms with Crippen molar-refractivity contribution in [3.8, 4) is 0 Å². The molecule has 4 nitrogen and oxygen atoms in total. The van der Waals surface area contributed by atoms with Crippen molar-refractivity contribution in [2.24, 2.45) is 17.8 Å². The maximum absolute atomic E-state index is 12.4. The summed E-state index contributed by atoms with van der Waals surface area (Å²) >= 11 is 0. The number of carbonyl (C=O) groups excluding carboxylic acids is 1. The van der Waals surface area contributed by atoms with E-state index in [-0.39, 0.29) is 11.8 Å². The maximum Gasteiger partial charge on any atom is 0.223 e. The van der Waals surface area contributed by atoms with Crippen molar-refractivity contribution in [1.29, 1.82) is 0 Å². The van der Waals surface area contributed by atoms with E-state index in [4.69, 9.17) is 4.74 Å². The lowest BCUT2D eigenvalue weighted by molar-refractivity contribution is -0.124. The van der Waals surface area contributed by atoms with Crippen molar-refractivity contribution < 1.29 is 9.53 Å². The molecule has 0 bridgehead atoms. The van der Waals surface area contributed by atoms with E-state index in [1.165, 1.54) is 50.9 Å². The molecule has 1 N–H and O–H groups in total. The molecule has 4 heteroatoms. The number of nitrogens with zero attached hydrogens (tertiary/aromatic N) is 1. The van der Waals surface area contributed by atoms with Gasteiger partial charge < -0.3 is 15.0 Å². The van der Waals surface area contributed by atoms with Crippen molar-refractivity contribution >= 4 is 5.91 Å². The number of benzene rings is 1. The van der Waals surface area contributed by atoms with Gasteiger partial charge in [0.05, 0.1) is 0 Å². The minimum absolute atomic E-state index is 0.0333. The summed E-state index contributed by atoms with van der Waals surface area (Å²) in [6.07, 6.45) is 5.66. The fourth-order valence-corrected chi connectivity index (χ4v) is 4.15. The average molecular weight is 359 g/mol. The van der Waals surface area contributed by atoms with Crippen LogP contribution in [-0.2, 0) is 16.0 Å². The van der Waals surface area contributed by atoms with Gasteiger partial charge in [-0.3, -0.25) is 4.79 Å². The highest BCUT2D eigenvalue weighted by Crippen LogP contribution is 2.21. The molecule has 2 aliphatic heterocycles. The number of rotatable bonds is 7. The van der Waals surface area contributed by atoms with Gasteiger partial charge in [0.2, 0.25) is 5.91 Å². The summed E-state index contributed by atoms with van der Waals surface area (Å²) in [6.45, 7) is 8.33. The molecule has 1 amide bonds. The Balaban J connectivity index is 1.32. The summed E-state index contributed by atoms with van der Waals surface area (Å²) in [6, 6.07) is 10.3. The third-order valence-electron chi connectivity index (χ3n) is 5.96. The van der Waals surface area contributed by atoms with Crippen LogP contribution in [0.2, 0.25) is 0 Å². The maximum atomic E-state index is 12.4. The predicted octanol–water partition coefficient (Wildman–Crippen LogP) is 3.12. The lowest BCUT2D eigenvalue weighted by atomic mass is 9.93. The molecule has 2 aliphatic rings. The Morgan fingerprint density at radius 3 is 2.50 bits per heavy atom. The van der Waals surface area contributed by atoms with Gasteiger partial charge >= 0.3 is 0 Å². The van der Waals surface area contributed by atoms with Gasteiger partial charge in [-0.1, -0.05) is 37.3 Å². The molecule has 0 saturated carbocycles. The second-order valence-electron chi connectivity index (χ2n) is 8.14. The second kappa shape index (κ2) is 10.1. The number of hydrogen-bond donors (Lipinski definition) is 1. The first kappa shape index (κ1) is 19.4. The highest BCUT2D eigenvalue weighted by molar-refractivity contribution is 5.78. The molecule has 0 radical (unpaired) electrons. The number of carbonyl (C=O) groups is 1. The van der Waals surface area contributed by atoms with E-state index in [2.05, 4.69) is 22.3 Å². The lowest BCUT2D eigenvalue weighted by Crippen LogP contribution is -2.42. The highest BCUT2D eigenvalue weighted by atomic mass is 16.5. The van der Waals surface area contributed by atoms with E-state index in [1.54, 1.807) is 0 Å². The van der Waals surface area contributed by atoms with Crippen LogP contribution in [0.15, 0.2) is 30.3 Å². The van der Waals surface area contributed by atoms with Crippen molar-refractivity contribution in [1.82, 2.24) is 10.2 Å². The molecule has 0 spiro atoms. The Kier molecular flexibility index (Phi) is 7.51. The Morgan fingerprint density at radius 2 is 1.81 bits per heavy atom. The molecule has 1 aromatic rings. The monoisotopic (exact) mass is 358 g/mol. The largest absolute Gasteiger partial charge is 0.381 e. The van der Waals surface area contributed by atoms with Gasteiger partial charge in [0.1, 0.15) is 0 Å². The van der Waals surface area contributed by atoms with E-state index in [0.717, 1.165) is 32.1 Å². The fourth-order valence-electron chi connectivity index (χ4n) is 4.15. The number of hydrogen-bond acceptors (Lipinski definition) is 3. The Bertz CT molecular complexity index is 534. The van der Waals surface area contributed by atoms with Crippen LogP contribution >= 0.6 is 0 Å². The molecule has 2 fully saturated rings. The summed E-state index contributed by atoms with van der Waals surface area (Å²) in [4.78, 5) is 15.0. The van der Waals surface area contributed by atoms with Crippen LogP contribution in [0.25, 0.3) is 0 Å². The predicted molar refractivity (Wildman–Crippen MR) is 105 cm³/mol. The topological polar surface area (TPSA) is 41.6 Å². The zero-order valence-corrected chi connectivity index (χ0v) is 16.2. The summed E-state index contributed by atoms with van der Waals surface area (Å²) in [5.41, 5.74) is 1.23. The Labute approximate surface area is 158 Å². The van der Waals surface area contributed by atoms with Crippen LogP contribution in [0.3, 0.4) is 0 Å². The fraction of sp³-hybridized carbons (Fsp3) is 0.682. The molecule has 3 rings (SSSR count).